The number of halogens is 1. The normalized spacial score (nSPS) is 11.1. The number of nitrogens with one attached hydrogen (secondary N) is 1. The van der Waals surface area contributed by atoms with E-state index in [0.717, 1.165) is 18.0 Å². The molecule has 82 valence electrons. The van der Waals surface area contributed by atoms with Crippen molar-refractivity contribution in [3.8, 4) is 0 Å². The SMILES string of the molecule is C[NH+](CCO)CCO.[O-][Cl+3]([O-])([O-])[O-]. The van der Waals surface area contributed by atoms with Crippen LogP contribution in [0.3, 0.4) is 0 Å². The van der Waals surface area contributed by atoms with Crippen molar-refractivity contribution in [2.75, 3.05) is 33.4 Å². The van der Waals surface area contributed by atoms with Crippen molar-refractivity contribution < 1.29 is 44.0 Å². The average Bonchev–Trinajstić information content (AvgIpc) is 1.84. The second kappa shape index (κ2) is 8.60. The van der Waals surface area contributed by atoms with E-state index in [4.69, 9.17) is 28.8 Å². The molecule has 0 atom stereocenters. The highest BCUT2D eigenvalue weighted by Crippen LogP contribution is 1.49. The predicted molar refractivity (Wildman–Crippen MR) is 30.8 cm³/mol. The minimum Gasteiger partial charge on any atom is -0.391 e. The molecule has 0 spiro atoms. The van der Waals surface area contributed by atoms with Crippen molar-refractivity contribution in [1.82, 2.24) is 0 Å². The first-order chi connectivity index (χ1) is 5.81. The van der Waals surface area contributed by atoms with Crippen LogP contribution in [0.5, 0.6) is 0 Å². The van der Waals surface area contributed by atoms with Gasteiger partial charge in [-0.1, -0.05) is 0 Å². The van der Waals surface area contributed by atoms with Crippen LogP contribution in [0.15, 0.2) is 0 Å². The molecule has 0 amide bonds. The lowest BCUT2D eigenvalue weighted by Gasteiger charge is -2.17. The van der Waals surface area contributed by atoms with E-state index in [9.17, 15) is 0 Å². The Morgan fingerprint density at radius 2 is 1.23 bits per heavy atom. The standard InChI is InChI=1S/C5H13NO2.ClHO4/c1-6(2-4-7)3-5-8;2-1(3,4)5/h7-8H,2-5H2,1H3;(H,2,3,4,5). The summed E-state index contributed by atoms with van der Waals surface area (Å²) in [4.78, 5) is 1.16. The number of quaternary nitrogens is 1. The third kappa shape index (κ3) is 33.3. The lowest BCUT2D eigenvalue weighted by Crippen LogP contribution is -3.10. The molecule has 0 fully saturated rings. The molecule has 13 heavy (non-hydrogen) atoms. The Bertz CT molecular complexity index is 95.7. The van der Waals surface area contributed by atoms with Crippen LogP contribution in [-0.4, -0.2) is 43.6 Å². The fraction of sp³-hybridized carbons (Fsp3) is 1.00. The Morgan fingerprint density at radius 1 is 1.00 bits per heavy atom. The molecule has 0 saturated carbocycles. The summed E-state index contributed by atoms with van der Waals surface area (Å²) in [5, 5.41) is 16.7. The van der Waals surface area contributed by atoms with Crippen molar-refractivity contribution in [3.63, 3.8) is 0 Å². The maximum Gasteiger partial charge on any atom is 0.100 e. The fourth-order valence-electron chi connectivity index (χ4n) is 0.507. The summed E-state index contributed by atoms with van der Waals surface area (Å²) >= 11 is 0. The van der Waals surface area contributed by atoms with Crippen molar-refractivity contribution in [1.29, 1.82) is 0 Å². The number of rotatable bonds is 4. The van der Waals surface area contributed by atoms with Gasteiger partial charge in [0.2, 0.25) is 0 Å². The fourth-order valence-corrected chi connectivity index (χ4v) is 0.507. The monoisotopic (exact) mass is 219 g/mol. The molecule has 0 aromatic rings. The predicted octanol–water partition coefficient (Wildman–Crippen LogP) is -7.27. The lowest BCUT2D eigenvalue weighted by atomic mass is 10.5. The molecule has 0 bridgehead atoms. The number of aliphatic hydroxyl groups is 2. The molecular weight excluding hydrogens is 206 g/mol. The van der Waals surface area contributed by atoms with E-state index >= 15 is 0 Å². The van der Waals surface area contributed by atoms with Gasteiger partial charge in [-0.25, -0.2) is 18.6 Å². The summed E-state index contributed by atoms with van der Waals surface area (Å²) in [7, 11) is -3.01. The van der Waals surface area contributed by atoms with Crippen LogP contribution in [0.25, 0.3) is 0 Å². The first-order valence-electron chi connectivity index (χ1n) is 3.46. The van der Waals surface area contributed by atoms with Crippen molar-refractivity contribution in [2.45, 2.75) is 0 Å². The smallest absolute Gasteiger partial charge is 0.100 e. The van der Waals surface area contributed by atoms with Gasteiger partial charge in [-0.2, -0.15) is 0 Å². The Morgan fingerprint density at radius 3 is 1.38 bits per heavy atom. The first kappa shape index (κ1) is 15.5. The van der Waals surface area contributed by atoms with Gasteiger partial charge in [0, 0.05) is 0 Å². The average molecular weight is 220 g/mol. The van der Waals surface area contributed by atoms with Crippen LogP contribution in [-0.2, 0) is 0 Å². The molecule has 7 nitrogen and oxygen atoms in total. The molecule has 0 heterocycles. The van der Waals surface area contributed by atoms with Gasteiger partial charge >= 0.3 is 0 Å². The molecule has 0 aliphatic carbocycles. The van der Waals surface area contributed by atoms with E-state index in [-0.39, 0.29) is 13.2 Å². The number of likely N-dealkylation sites (N-methyl/N-ethyl adjacent to an activating group) is 1. The summed E-state index contributed by atoms with van der Waals surface area (Å²) < 4.78 is 34.0. The summed E-state index contributed by atoms with van der Waals surface area (Å²) in [6.45, 7) is 1.85. The van der Waals surface area contributed by atoms with Crippen molar-refractivity contribution in [3.05, 3.63) is 0 Å². The van der Waals surface area contributed by atoms with E-state index in [2.05, 4.69) is 0 Å². The summed E-state index contributed by atoms with van der Waals surface area (Å²) in [6, 6.07) is 0. The molecule has 0 aromatic carbocycles. The number of hydrogen-bond acceptors (Lipinski definition) is 6. The largest absolute Gasteiger partial charge is 0.391 e. The van der Waals surface area contributed by atoms with Gasteiger partial charge in [0.05, 0.1) is 20.3 Å². The van der Waals surface area contributed by atoms with E-state index in [0.29, 0.717) is 0 Å². The second-order valence-electron chi connectivity index (χ2n) is 2.28. The van der Waals surface area contributed by atoms with Crippen molar-refractivity contribution in [2.24, 2.45) is 0 Å². The molecule has 3 N–H and O–H groups in total. The highest BCUT2D eigenvalue weighted by Gasteiger charge is 1.95. The summed E-state index contributed by atoms with van der Waals surface area (Å²) in [6.07, 6.45) is 0. The first-order valence-corrected chi connectivity index (χ1v) is 4.69. The maximum atomic E-state index is 8.49. The zero-order valence-corrected chi connectivity index (χ0v) is 7.99. The Balaban J connectivity index is 0. The van der Waals surface area contributed by atoms with E-state index in [1.807, 2.05) is 7.05 Å². The lowest BCUT2D eigenvalue weighted by molar-refractivity contribution is -2.00. The molecule has 0 rings (SSSR count). The van der Waals surface area contributed by atoms with Crippen LogP contribution in [0.4, 0.5) is 0 Å². The number of aliphatic hydroxyl groups excluding tert-OH is 2. The van der Waals surface area contributed by atoms with E-state index in [1.165, 1.54) is 0 Å². The van der Waals surface area contributed by atoms with Gasteiger partial charge < -0.3 is 15.1 Å². The van der Waals surface area contributed by atoms with Crippen LogP contribution < -0.4 is 23.5 Å². The van der Waals surface area contributed by atoms with Gasteiger partial charge in [-0.05, 0) is 0 Å². The third-order valence-corrected chi connectivity index (χ3v) is 1.08. The van der Waals surface area contributed by atoms with Crippen LogP contribution in [0.2, 0.25) is 0 Å². The molecule has 0 aliphatic heterocycles. The number of hydrogen-bond donors (Lipinski definition) is 3. The minimum atomic E-state index is -4.94. The Hall–Kier alpha value is 0.01000. The van der Waals surface area contributed by atoms with Crippen LogP contribution in [0, 0.1) is 10.2 Å². The van der Waals surface area contributed by atoms with E-state index < -0.39 is 10.2 Å². The van der Waals surface area contributed by atoms with Gasteiger partial charge in [0.15, 0.2) is 0 Å². The van der Waals surface area contributed by atoms with Crippen LogP contribution >= 0.6 is 0 Å². The van der Waals surface area contributed by atoms with Crippen molar-refractivity contribution >= 4 is 0 Å². The topological polar surface area (TPSA) is 137 Å². The Labute approximate surface area is 78.2 Å². The van der Waals surface area contributed by atoms with Crippen LogP contribution in [0.1, 0.15) is 0 Å². The molecular formula is C5H14ClNO6. The third-order valence-electron chi connectivity index (χ3n) is 1.08. The zero-order chi connectivity index (χ0) is 10.9. The molecule has 0 aliphatic rings. The molecule has 0 aromatic heterocycles. The highest BCUT2D eigenvalue weighted by atomic mass is 35.7. The Kier molecular flexibility index (Phi) is 10.2. The molecule has 8 heteroatoms. The summed E-state index contributed by atoms with van der Waals surface area (Å²) in [5.74, 6) is 0. The molecule has 0 unspecified atom stereocenters. The summed E-state index contributed by atoms with van der Waals surface area (Å²) in [5.41, 5.74) is 0. The highest BCUT2D eigenvalue weighted by molar-refractivity contribution is 4.20. The quantitative estimate of drug-likeness (QED) is 0.430. The molecule has 0 saturated heterocycles. The second-order valence-corrected chi connectivity index (χ2v) is 3.04. The minimum absolute atomic E-state index is 0.200. The van der Waals surface area contributed by atoms with Gasteiger partial charge in [0.1, 0.15) is 13.1 Å². The van der Waals surface area contributed by atoms with Gasteiger partial charge in [0.25, 0.3) is 0 Å². The molecule has 0 radical (unpaired) electrons. The maximum absolute atomic E-state index is 8.49. The zero-order valence-electron chi connectivity index (χ0n) is 7.23. The van der Waals surface area contributed by atoms with Gasteiger partial charge in [-0.15, -0.1) is 10.2 Å². The van der Waals surface area contributed by atoms with E-state index in [1.54, 1.807) is 0 Å². The van der Waals surface area contributed by atoms with Gasteiger partial charge in [-0.3, -0.25) is 0 Å².